The second-order valence-corrected chi connectivity index (χ2v) is 6.03. The monoisotopic (exact) mass is 330 g/mol. The molecule has 3 heterocycles. The SMILES string of the molecule is COCC(=O)NC1CCN(C(=O)Cn2ccc3ccncc32)CC1. The summed E-state index contributed by atoms with van der Waals surface area (Å²) in [6.07, 6.45) is 6.99. The molecule has 0 atom stereocenters. The molecule has 0 unspecified atom stereocenters. The molecule has 3 rings (SSSR count). The van der Waals surface area contributed by atoms with Crippen LogP contribution in [0.25, 0.3) is 10.9 Å². The number of hydrogen-bond acceptors (Lipinski definition) is 4. The van der Waals surface area contributed by atoms with Gasteiger partial charge >= 0.3 is 0 Å². The molecular weight excluding hydrogens is 308 g/mol. The van der Waals surface area contributed by atoms with Crippen molar-refractivity contribution in [2.24, 2.45) is 0 Å². The summed E-state index contributed by atoms with van der Waals surface area (Å²) in [5.74, 6) is -0.00777. The van der Waals surface area contributed by atoms with Gasteiger partial charge in [-0.05, 0) is 25.0 Å². The van der Waals surface area contributed by atoms with E-state index in [1.165, 1.54) is 7.11 Å². The molecule has 1 aliphatic heterocycles. The predicted octanol–water partition coefficient (Wildman–Crippen LogP) is 0.790. The highest BCUT2D eigenvalue weighted by atomic mass is 16.5. The highest BCUT2D eigenvalue weighted by Crippen LogP contribution is 2.15. The summed E-state index contributed by atoms with van der Waals surface area (Å²) in [5, 5.41) is 4.01. The lowest BCUT2D eigenvalue weighted by atomic mass is 10.0. The zero-order valence-electron chi connectivity index (χ0n) is 13.8. The molecule has 0 radical (unpaired) electrons. The van der Waals surface area contributed by atoms with E-state index in [-0.39, 0.29) is 24.5 Å². The van der Waals surface area contributed by atoms with Crippen molar-refractivity contribution in [1.29, 1.82) is 0 Å². The van der Waals surface area contributed by atoms with Gasteiger partial charge in [-0.15, -0.1) is 0 Å². The van der Waals surface area contributed by atoms with Crippen molar-refractivity contribution in [1.82, 2.24) is 19.8 Å². The van der Waals surface area contributed by atoms with E-state index in [2.05, 4.69) is 10.3 Å². The number of amides is 2. The van der Waals surface area contributed by atoms with E-state index >= 15 is 0 Å². The minimum Gasteiger partial charge on any atom is -0.375 e. The van der Waals surface area contributed by atoms with Crippen molar-refractivity contribution in [3.8, 4) is 0 Å². The summed E-state index contributed by atoms with van der Waals surface area (Å²) in [6, 6.07) is 4.04. The molecule has 0 spiro atoms. The molecule has 0 aliphatic carbocycles. The van der Waals surface area contributed by atoms with E-state index in [0.29, 0.717) is 19.6 Å². The molecule has 1 saturated heterocycles. The third-order valence-electron chi connectivity index (χ3n) is 4.37. The summed E-state index contributed by atoms with van der Waals surface area (Å²) in [7, 11) is 1.50. The number of methoxy groups -OCH3 is 1. The normalized spacial score (nSPS) is 15.6. The van der Waals surface area contributed by atoms with Gasteiger partial charge in [-0.3, -0.25) is 14.6 Å². The molecule has 2 aromatic heterocycles. The van der Waals surface area contributed by atoms with Gasteiger partial charge in [0.1, 0.15) is 13.2 Å². The second kappa shape index (κ2) is 7.44. The van der Waals surface area contributed by atoms with E-state index < -0.39 is 0 Å². The van der Waals surface area contributed by atoms with Crippen LogP contribution in [0.4, 0.5) is 0 Å². The van der Waals surface area contributed by atoms with Gasteiger partial charge in [-0.2, -0.15) is 0 Å². The molecule has 1 N–H and O–H groups in total. The average molecular weight is 330 g/mol. The van der Waals surface area contributed by atoms with Crippen LogP contribution < -0.4 is 5.32 Å². The van der Waals surface area contributed by atoms with Gasteiger partial charge in [-0.1, -0.05) is 0 Å². The number of nitrogens with one attached hydrogen (secondary N) is 1. The van der Waals surface area contributed by atoms with Crippen molar-refractivity contribution in [3.05, 3.63) is 30.7 Å². The highest BCUT2D eigenvalue weighted by molar-refractivity contribution is 5.82. The Morgan fingerprint density at radius 3 is 2.88 bits per heavy atom. The van der Waals surface area contributed by atoms with Crippen molar-refractivity contribution in [2.75, 3.05) is 26.8 Å². The first-order chi connectivity index (χ1) is 11.7. The third kappa shape index (κ3) is 3.73. The number of piperidine rings is 1. The van der Waals surface area contributed by atoms with E-state index in [1.54, 1.807) is 12.4 Å². The van der Waals surface area contributed by atoms with Crippen molar-refractivity contribution in [3.63, 3.8) is 0 Å². The molecule has 7 heteroatoms. The fraction of sp³-hybridized carbons (Fsp3) is 0.471. The van der Waals surface area contributed by atoms with E-state index in [9.17, 15) is 9.59 Å². The standard InChI is InChI=1S/C17H22N4O3/c1-24-12-16(22)19-14-4-8-20(9-5-14)17(23)11-21-7-3-13-2-6-18-10-15(13)21/h2-3,6-7,10,14H,4-5,8-9,11-12H2,1H3,(H,19,22). The summed E-state index contributed by atoms with van der Waals surface area (Å²) in [6.45, 7) is 1.71. The minimum absolute atomic E-state index is 0.0773. The lowest BCUT2D eigenvalue weighted by Gasteiger charge is -2.32. The summed E-state index contributed by atoms with van der Waals surface area (Å²) >= 11 is 0. The minimum atomic E-state index is -0.103. The third-order valence-corrected chi connectivity index (χ3v) is 4.37. The molecule has 2 amide bonds. The van der Waals surface area contributed by atoms with Crippen LogP contribution in [0, 0.1) is 0 Å². The van der Waals surface area contributed by atoms with Gasteiger partial charge in [0.25, 0.3) is 0 Å². The van der Waals surface area contributed by atoms with Crippen molar-refractivity contribution < 1.29 is 14.3 Å². The van der Waals surface area contributed by atoms with Crippen LogP contribution in [0.15, 0.2) is 30.7 Å². The maximum atomic E-state index is 12.5. The number of likely N-dealkylation sites (tertiary alicyclic amines) is 1. The van der Waals surface area contributed by atoms with Gasteiger partial charge < -0.3 is 19.5 Å². The van der Waals surface area contributed by atoms with Crippen LogP contribution >= 0.6 is 0 Å². The van der Waals surface area contributed by atoms with Crippen molar-refractivity contribution in [2.45, 2.75) is 25.4 Å². The molecule has 0 bridgehead atoms. The number of carbonyl (C=O) groups is 2. The first kappa shape index (κ1) is 16.4. The van der Waals surface area contributed by atoms with Crippen LogP contribution in [-0.4, -0.2) is 59.1 Å². The molecule has 1 aliphatic rings. The zero-order valence-corrected chi connectivity index (χ0v) is 13.8. The number of ether oxygens (including phenoxy) is 1. The Hall–Kier alpha value is -2.41. The Bertz CT molecular complexity index is 719. The molecule has 128 valence electrons. The van der Waals surface area contributed by atoms with Gasteiger partial charge in [-0.25, -0.2) is 0 Å². The smallest absolute Gasteiger partial charge is 0.246 e. The summed E-state index contributed by atoms with van der Waals surface area (Å²) < 4.78 is 6.74. The van der Waals surface area contributed by atoms with Crippen LogP contribution in [0.2, 0.25) is 0 Å². The van der Waals surface area contributed by atoms with Crippen LogP contribution in [0.1, 0.15) is 12.8 Å². The predicted molar refractivity (Wildman–Crippen MR) is 89.4 cm³/mol. The number of aromatic nitrogens is 2. The summed E-state index contributed by atoms with van der Waals surface area (Å²) in [5.41, 5.74) is 0.965. The molecule has 24 heavy (non-hydrogen) atoms. The largest absolute Gasteiger partial charge is 0.375 e. The van der Waals surface area contributed by atoms with Gasteiger partial charge in [0, 0.05) is 44.0 Å². The Morgan fingerprint density at radius 2 is 2.12 bits per heavy atom. The van der Waals surface area contributed by atoms with Crippen LogP contribution in [-0.2, 0) is 20.9 Å². The number of hydrogen-bond donors (Lipinski definition) is 1. The Kier molecular flexibility index (Phi) is 5.10. The Morgan fingerprint density at radius 1 is 1.33 bits per heavy atom. The van der Waals surface area contributed by atoms with Crippen LogP contribution in [0.5, 0.6) is 0 Å². The average Bonchev–Trinajstić information content (AvgIpc) is 2.99. The van der Waals surface area contributed by atoms with Crippen LogP contribution in [0.3, 0.4) is 0 Å². The second-order valence-electron chi connectivity index (χ2n) is 6.03. The molecule has 0 saturated carbocycles. The van der Waals surface area contributed by atoms with E-state index in [1.807, 2.05) is 27.8 Å². The molecule has 1 fully saturated rings. The quantitative estimate of drug-likeness (QED) is 0.879. The fourth-order valence-corrected chi connectivity index (χ4v) is 3.09. The molecule has 0 aromatic carbocycles. The lowest BCUT2D eigenvalue weighted by molar-refractivity contribution is -0.133. The number of nitrogens with zero attached hydrogens (tertiary/aromatic N) is 3. The maximum absolute atomic E-state index is 12.5. The van der Waals surface area contributed by atoms with E-state index in [0.717, 1.165) is 23.7 Å². The Labute approximate surface area is 140 Å². The molecular formula is C17H22N4O3. The number of carbonyl (C=O) groups excluding carboxylic acids is 2. The lowest BCUT2D eigenvalue weighted by Crippen LogP contribution is -2.47. The van der Waals surface area contributed by atoms with E-state index in [4.69, 9.17) is 4.74 Å². The fourth-order valence-electron chi connectivity index (χ4n) is 3.09. The number of fused-ring (bicyclic) bond motifs is 1. The highest BCUT2D eigenvalue weighted by Gasteiger charge is 2.24. The van der Waals surface area contributed by atoms with Gasteiger partial charge in [0.15, 0.2) is 0 Å². The van der Waals surface area contributed by atoms with Crippen molar-refractivity contribution >= 4 is 22.7 Å². The number of rotatable bonds is 5. The zero-order chi connectivity index (χ0) is 16.9. The first-order valence-electron chi connectivity index (χ1n) is 8.12. The Balaban J connectivity index is 1.53. The number of pyridine rings is 1. The summed E-state index contributed by atoms with van der Waals surface area (Å²) in [4.78, 5) is 30.0. The molecule has 2 aromatic rings. The maximum Gasteiger partial charge on any atom is 0.246 e. The molecule has 7 nitrogen and oxygen atoms in total. The van der Waals surface area contributed by atoms with Gasteiger partial charge in [0.05, 0.1) is 11.7 Å². The topological polar surface area (TPSA) is 76.5 Å². The van der Waals surface area contributed by atoms with Gasteiger partial charge in [0.2, 0.25) is 11.8 Å². The first-order valence-corrected chi connectivity index (χ1v) is 8.12.